The highest BCUT2D eigenvalue weighted by Crippen LogP contribution is 2.26. The number of anilines is 1. The number of amides is 1. The van der Waals surface area contributed by atoms with Crippen molar-refractivity contribution < 1.29 is 4.79 Å². The molecule has 3 N–H and O–H groups in total. The molecule has 0 unspecified atom stereocenters. The maximum absolute atomic E-state index is 11.8. The van der Waals surface area contributed by atoms with Gasteiger partial charge in [0.2, 0.25) is 5.91 Å². The zero-order chi connectivity index (χ0) is 11.4. The van der Waals surface area contributed by atoms with Gasteiger partial charge in [-0.2, -0.15) is 0 Å². The van der Waals surface area contributed by atoms with Gasteiger partial charge in [0, 0.05) is 11.6 Å². The minimum Gasteiger partial charge on any atom is -0.320 e. The zero-order valence-corrected chi connectivity index (χ0v) is 10.0. The molecule has 1 aromatic rings. The van der Waals surface area contributed by atoms with Crippen LogP contribution in [0.3, 0.4) is 0 Å². The van der Waals surface area contributed by atoms with E-state index in [4.69, 9.17) is 5.73 Å². The molecule has 0 spiro atoms. The molecule has 0 bridgehead atoms. The van der Waals surface area contributed by atoms with Crippen LogP contribution in [0.2, 0.25) is 0 Å². The highest BCUT2D eigenvalue weighted by atomic mass is 32.1. The summed E-state index contributed by atoms with van der Waals surface area (Å²) in [6.45, 7) is 0. The lowest BCUT2D eigenvalue weighted by molar-refractivity contribution is -0.118. The highest BCUT2D eigenvalue weighted by Gasteiger charge is 2.26. The van der Waals surface area contributed by atoms with Gasteiger partial charge < -0.3 is 11.1 Å². The van der Waals surface area contributed by atoms with E-state index >= 15 is 0 Å². The Morgan fingerprint density at radius 3 is 2.88 bits per heavy atom. The quantitative estimate of drug-likeness (QED) is 0.847. The van der Waals surface area contributed by atoms with E-state index in [1.807, 2.05) is 5.38 Å². The van der Waals surface area contributed by atoms with Crippen molar-refractivity contribution in [3.8, 4) is 0 Å². The molecule has 0 aliphatic heterocycles. The Morgan fingerprint density at radius 2 is 2.25 bits per heavy atom. The summed E-state index contributed by atoms with van der Waals surface area (Å²) in [6.07, 6.45) is 7.49. The van der Waals surface area contributed by atoms with Gasteiger partial charge >= 0.3 is 0 Å². The van der Waals surface area contributed by atoms with Crippen LogP contribution in [0.15, 0.2) is 11.6 Å². The Labute approximate surface area is 99.3 Å². The van der Waals surface area contributed by atoms with E-state index in [9.17, 15) is 4.79 Å². The lowest BCUT2D eigenvalue weighted by Gasteiger charge is -2.26. The van der Waals surface area contributed by atoms with Crippen molar-refractivity contribution in [1.29, 1.82) is 0 Å². The van der Waals surface area contributed by atoms with Gasteiger partial charge in [0.25, 0.3) is 0 Å². The van der Waals surface area contributed by atoms with Gasteiger partial charge in [0.15, 0.2) is 5.13 Å². The maximum Gasteiger partial charge on any atom is 0.243 e. The third kappa shape index (κ3) is 2.80. The van der Waals surface area contributed by atoms with E-state index in [0.29, 0.717) is 11.0 Å². The van der Waals surface area contributed by atoms with Gasteiger partial charge in [-0.05, 0) is 18.8 Å². The fraction of sp³-hybridized carbons (Fsp3) is 0.636. The number of nitrogens with one attached hydrogen (secondary N) is 1. The topological polar surface area (TPSA) is 68.0 Å². The molecule has 16 heavy (non-hydrogen) atoms. The predicted octanol–water partition coefficient (Wildman–Crippen LogP) is 1.99. The number of aromatic nitrogens is 1. The van der Waals surface area contributed by atoms with Gasteiger partial charge in [-0.1, -0.05) is 19.3 Å². The number of nitrogens with zero attached hydrogens (tertiary/aromatic N) is 1. The van der Waals surface area contributed by atoms with Gasteiger partial charge in [0.1, 0.15) is 0 Å². The summed E-state index contributed by atoms with van der Waals surface area (Å²) < 4.78 is 0. The molecule has 4 nitrogen and oxygen atoms in total. The zero-order valence-electron chi connectivity index (χ0n) is 9.19. The second-order valence-electron chi connectivity index (χ2n) is 4.25. The molecule has 1 aromatic heterocycles. The van der Waals surface area contributed by atoms with Gasteiger partial charge in [-0.15, -0.1) is 11.3 Å². The van der Waals surface area contributed by atoms with E-state index in [1.165, 1.54) is 30.6 Å². The van der Waals surface area contributed by atoms with Crippen molar-refractivity contribution in [1.82, 2.24) is 4.98 Å². The van der Waals surface area contributed by atoms with E-state index in [-0.39, 0.29) is 11.9 Å². The van der Waals surface area contributed by atoms with Gasteiger partial charge in [0.05, 0.1) is 6.04 Å². The van der Waals surface area contributed by atoms with E-state index < -0.39 is 0 Å². The van der Waals surface area contributed by atoms with Crippen LogP contribution in [-0.2, 0) is 4.79 Å². The summed E-state index contributed by atoms with van der Waals surface area (Å²) in [5.41, 5.74) is 5.97. The van der Waals surface area contributed by atoms with E-state index in [1.54, 1.807) is 6.20 Å². The molecule has 1 fully saturated rings. The maximum atomic E-state index is 11.8. The second-order valence-corrected chi connectivity index (χ2v) is 5.14. The number of carbonyl (C=O) groups excluding carboxylic acids is 1. The van der Waals surface area contributed by atoms with Crippen LogP contribution >= 0.6 is 11.3 Å². The van der Waals surface area contributed by atoms with Crippen molar-refractivity contribution >= 4 is 22.4 Å². The van der Waals surface area contributed by atoms with E-state index in [0.717, 1.165) is 12.8 Å². The van der Waals surface area contributed by atoms with Crippen molar-refractivity contribution in [3.63, 3.8) is 0 Å². The number of hydrogen-bond donors (Lipinski definition) is 2. The minimum absolute atomic E-state index is 0.0955. The monoisotopic (exact) mass is 239 g/mol. The van der Waals surface area contributed by atoms with Crippen LogP contribution < -0.4 is 11.1 Å². The average molecular weight is 239 g/mol. The minimum atomic E-state index is -0.385. The SMILES string of the molecule is N[C@H](C(=O)Nc1nccs1)C1CCCCC1. The molecule has 1 aliphatic carbocycles. The summed E-state index contributed by atoms with van der Waals surface area (Å²) >= 11 is 1.42. The fourth-order valence-corrected chi connectivity index (χ4v) is 2.71. The van der Waals surface area contributed by atoms with Crippen LogP contribution in [0.25, 0.3) is 0 Å². The standard InChI is InChI=1S/C11H17N3OS/c12-9(8-4-2-1-3-5-8)10(15)14-11-13-6-7-16-11/h6-9H,1-5,12H2,(H,13,14,15)/t9-/m0/s1. The summed E-state index contributed by atoms with van der Waals surface area (Å²) in [4.78, 5) is 15.9. The fourth-order valence-electron chi connectivity index (χ4n) is 2.18. The number of hydrogen-bond acceptors (Lipinski definition) is 4. The first-order valence-corrected chi connectivity index (χ1v) is 6.61. The number of nitrogens with two attached hydrogens (primary N) is 1. The molecule has 0 saturated heterocycles. The second kappa shape index (κ2) is 5.41. The lowest BCUT2D eigenvalue weighted by atomic mass is 9.84. The molecule has 1 aliphatic rings. The Balaban J connectivity index is 1.88. The molecule has 5 heteroatoms. The summed E-state index contributed by atoms with van der Waals surface area (Å²) in [5, 5.41) is 5.23. The molecular formula is C11H17N3OS. The molecule has 1 amide bonds. The summed E-state index contributed by atoms with van der Waals surface area (Å²) in [6, 6.07) is -0.385. The highest BCUT2D eigenvalue weighted by molar-refractivity contribution is 7.13. The van der Waals surface area contributed by atoms with Crippen LogP contribution in [0.4, 0.5) is 5.13 Å². The Hall–Kier alpha value is -0.940. The van der Waals surface area contributed by atoms with Crippen LogP contribution in [0, 0.1) is 5.92 Å². The smallest absolute Gasteiger partial charge is 0.243 e. The molecule has 0 radical (unpaired) electrons. The summed E-state index contributed by atoms with van der Waals surface area (Å²) in [5.74, 6) is 0.246. The molecule has 2 rings (SSSR count). The lowest BCUT2D eigenvalue weighted by Crippen LogP contribution is -2.42. The molecular weight excluding hydrogens is 222 g/mol. The van der Waals surface area contributed by atoms with Crippen molar-refractivity contribution in [2.75, 3.05) is 5.32 Å². The number of carbonyl (C=O) groups is 1. The van der Waals surface area contributed by atoms with Crippen LogP contribution in [0.5, 0.6) is 0 Å². The largest absolute Gasteiger partial charge is 0.320 e. The Kier molecular flexibility index (Phi) is 3.90. The molecule has 0 aromatic carbocycles. The summed E-state index contributed by atoms with van der Waals surface area (Å²) in [7, 11) is 0. The van der Waals surface area contributed by atoms with Crippen LogP contribution in [-0.4, -0.2) is 16.9 Å². The van der Waals surface area contributed by atoms with E-state index in [2.05, 4.69) is 10.3 Å². The molecule has 1 atom stereocenters. The molecule has 88 valence electrons. The molecule has 1 heterocycles. The third-order valence-electron chi connectivity index (χ3n) is 3.12. The van der Waals surface area contributed by atoms with Gasteiger partial charge in [-0.25, -0.2) is 4.98 Å². The van der Waals surface area contributed by atoms with Crippen LogP contribution in [0.1, 0.15) is 32.1 Å². The predicted molar refractivity (Wildman–Crippen MR) is 65.3 cm³/mol. The van der Waals surface area contributed by atoms with Crippen molar-refractivity contribution in [2.45, 2.75) is 38.1 Å². The first-order valence-electron chi connectivity index (χ1n) is 5.73. The van der Waals surface area contributed by atoms with Crippen molar-refractivity contribution in [3.05, 3.63) is 11.6 Å². The Bertz CT molecular complexity index is 333. The van der Waals surface area contributed by atoms with Crippen molar-refractivity contribution in [2.24, 2.45) is 11.7 Å². The first kappa shape index (κ1) is 11.5. The third-order valence-corrected chi connectivity index (χ3v) is 3.81. The van der Waals surface area contributed by atoms with Gasteiger partial charge in [-0.3, -0.25) is 4.79 Å². The average Bonchev–Trinajstić information content (AvgIpc) is 2.82. The normalized spacial score (nSPS) is 19.3. The number of thiazole rings is 1. The molecule has 1 saturated carbocycles. The first-order chi connectivity index (χ1) is 7.77. The Morgan fingerprint density at radius 1 is 1.50 bits per heavy atom. The number of rotatable bonds is 3.